The summed E-state index contributed by atoms with van der Waals surface area (Å²) in [6.45, 7) is 6.10. The average Bonchev–Trinajstić information content (AvgIpc) is 2.43. The lowest BCUT2D eigenvalue weighted by Crippen LogP contribution is -2.64. The SMILES string of the molecule is CC(C)(C)OC(=O)N1C[C@@H](C(=O)OCc2ccccc2)[C@H]1CN. The number of amides is 1. The molecule has 2 N–H and O–H groups in total. The molecule has 2 atom stereocenters. The van der Waals surface area contributed by atoms with Gasteiger partial charge in [0.05, 0.1) is 12.0 Å². The molecule has 0 aromatic heterocycles. The zero-order chi connectivity index (χ0) is 17.0. The number of carbonyl (C=O) groups is 2. The third-order valence-corrected chi connectivity index (χ3v) is 3.65. The van der Waals surface area contributed by atoms with Crippen LogP contribution in [0.1, 0.15) is 26.3 Å². The van der Waals surface area contributed by atoms with Crippen molar-refractivity contribution in [2.24, 2.45) is 11.7 Å². The monoisotopic (exact) mass is 320 g/mol. The summed E-state index contributed by atoms with van der Waals surface area (Å²) in [7, 11) is 0. The first-order chi connectivity index (χ1) is 10.8. The van der Waals surface area contributed by atoms with Gasteiger partial charge >= 0.3 is 12.1 Å². The van der Waals surface area contributed by atoms with E-state index in [1.807, 2.05) is 30.3 Å². The van der Waals surface area contributed by atoms with E-state index in [0.29, 0.717) is 0 Å². The van der Waals surface area contributed by atoms with Crippen LogP contribution in [0.25, 0.3) is 0 Å². The number of carbonyl (C=O) groups excluding carboxylic acids is 2. The van der Waals surface area contributed by atoms with Crippen LogP contribution in [0.2, 0.25) is 0 Å². The number of esters is 1. The maximum atomic E-state index is 12.2. The van der Waals surface area contributed by atoms with Gasteiger partial charge in [0, 0.05) is 13.1 Å². The Kier molecular flexibility index (Phi) is 5.26. The second-order valence-electron chi connectivity index (χ2n) is 6.64. The molecule has 1 heterocycles. The van der Waals surface area contributed by atoms with Gasteiger partial charge in [-0.3, -0.25) is 4.79 Å². The molecule has 0 unspecified atom stereocenters. The number of rotatable bonds is 4. The highest BCUT2D eigenvalue weighted by Gasteiger charge is 2.47. The van der Waals surface area contributed by atoms with Gasteiger partial charge in [-0.15, -0.1) is 0 Å². The third-order valence-electron chi connectivity index (χ3n) is 3.65. The van der Waals surface area contributed by atoms with Crippen molar-refractivity contribution in [2.45, 2.75) is 39.0 Å². The van der Waals surface area contributed by atoms with Crippen LogP contribution in [0.4, 0.5) is 4.79 Å². The van der Waals surface area contributed by atoms with E-state index in [2.05, 4.69) is 0 Å². The van der Waals surface area contributed by atoms with Crippen molar-refractivity contribution in [3.8, 4) is 0 Å². The van der Waals surface area contributed by atoms with Gasteiger partial charge in [-0.2, -0.15) is 0 Å². The van der Waals surface area contributed by atoms with E-state index in [0.717, 1.165) is 5.56 Å². The summed E-state index contributed by atoms with van der Waals surface area (Å²) in [4.78, 5) is 25.7. The van der Waals surface area contributed by atoms with E-state index in [4.69, 9.17) is 15.2 Å². The Labute approximate surface area is 136 Å². The largest absolute Gasteiger partial charge is 0.460 e. The summed E-state index contributed by atoms with van der Waals surface area (Å²) in [5.74, 6) is -0.722. The van der Waals surface area contributed by atoms with E-state index in [1.54, 1.807) is 20.8 Å². The zero-order valence-corrected chi connectivity index (χ0v) is 13.8. The predicted molar refractivity (Wildman–Crippen MR) is 85.5 cm³/mol. The molecule has 1 aliphatic rings. The van der Waals surface area contributed by atoms with Crippen LogP contribution in [0.5, 0.6) is 0 Å². The maximum Gasteiger partial charge on any atom is 0.410 e. The van der Waals surface area contributed by atoms with Crippen LogP contribution in [0.3, 0.4) is 0 Å². The van der Waals surface area contributed by atoms with Crippen LogP contribution in [-0.2, 0) is 20.9 Å². The normalized spacial score (nSPS) is 20.6. The minimum Gasteiger partial charge on any atom is -0.460 e. The highest BCUT2D eigenvalue weighted by atomic mass is 16.6. The van der Waals surface area contributed by atoms with Gasteiger partial charge in [-0.05, 0) is 26.3 Å². The summed E-state index contributed by atoms with van der Waals surface area (Å²) in [6.07, 6.45) is -0.444. The second kappa shape index (κ2) is 7.00. The van der Waals surface area contributed by atoms with Gasteiger partial charge in [0.15, 0.2) is 0 Å². The molecule has 2 rings (SSSR count). The third kappa shape index (κ3) is 4.45. The van der Waals surface area contributed by atoms with Gasteiger partial charge in [0.1, 0.15) is 12.2 Å². The standard InChI is InChI=1S/C17H24N2O4/c1-17(2,3)23-16(21)19-10-13(14(19)9-18)15(20)22-11-12-7-5-4-6-8-12/h4-8,13-14H,9-11,18H2,1-3H3/t13-,14-/m1/s1. The van der Waals surface area contributed by atoms with Gasteiger partial charge in [-0.25, -0.2) is 4.79 Å². The van der Waals surface area contributed by atoms with Crippen molar-refractivity contribution in [1.29, 1.82) is 0 Å². The fraction of sp³-hybridized carbons (Fsp3) is 0.529. The van der Waals surface area contributed by atoms with Crippen molar-refractivity contribution < 1.29 is 19.1 Å². The number of hydrogen-bond acceptors (Lipinski definition) is 5. The Balaban J connectivity index is 1.87. The van der Waals surface area contributed by atoms with Gasteiger partial charge < -0.3 is 20.1 Å². The van der Waals surface area contributed by atoms with E-state index < -0.39 is 17.6 Å². The Morgan fingerprint density at radius 1 is 1.26 bits per heavy atom. The first kappa shape index (κ1) is 17.3. The molecular weight excluding hydrogens is 296 g/mol. The molecule has 6 heteroatoms. The average molecular weight is 320 g/mol. The fourth-order valence-electron chi connectivity index (χ4n) is 2.44. The van der Waals surface area contributed by atoms with Crippen molar-refractivity contribution in [3.63, 3.8) is 0 Å². The number of likely N-dealkylation sites (tertiary alicyclic amines) is 1. The van der Waals surface area contributed by atoms with Gasteiger partial charge in [0.2, 0.25) is 0 Å². The minimum atomic E-state index is -0.574. The first-order valence-electron chi connectivity index (χ1n) is 7.72. The quantitative estimate of drug-likeness (QED) is 0.857. The van der Waals surface area contributed by atoms with Crippen molar-refractivity contribution in [1.82, 2.24) is 4.90 Å². The summed E-state index contributed by atoms with van der Waals surface area (Å²) >= 11 is 0. The van der Waals surface area contributed by atoms with Gasteiger partial charge in [0.25, 0.3) is 0 Å². The molecule has 1 aliphatic heterocycles. The van der Waals surface area contributed by atoms with Crippen LogP contribution >= 0.6 is 0 Å². The van der Waals surface area contributed by atoms with E-state index >= 15 is 0 Å². The Hall–Kier alpha value is -2.08. The molecule has 1 amide bonds. The first-order valence-corrected chi connectivity index (χ1v) is 7.72. The molecule has 0 radical (unpaired) electrons. The zero-order valence-electron chi connectivity index (χ0n) is 13.8. The lowest BCUT2D eigenvalue weighted by Gasteiger charge is -2.45. The van der Waals surface area contributed by atoms with E-state index in [-0.39, 0.29) is 31.7 Å². The highest BCUT2D eigenvalue weighted by molar-refractivity contribution is 5.79. The highest BCUT2D eigenvalue weighted by Crippen LogP contribution is 2.28. The van der Waals surface area contributed by atoms with Crippen molar-refractivity contribution >= 4 is 12.1 Å². The summed E-state index contributed by atoms with van der Waals surface area (Å²) in [5, 5.41) is 0. The Morgan fingerprint density at radius 3 is 2.48 bits per heavy atom. The lowest BCUT2D eigenvalue weighted by atomic mass is 9.89. The number of hydrogen-bond donors (Lipinski definition) is 1. The molecule has 0 bridgehead atoms. The molecule has 0 spiro atoms. The Morgan fingerprint density at radius 2 is 1.91 bits per heavy atom. The van der Waals surface area contributed by atoms with Gasteiger partial charge in [-0.1, -0.05) is 30.3 Å². The van der Waals surface area contributed by atoms with Crippen LogP contribution in [0, 0.1) is 5.92 Å². The maximum absolute atomic E-state index is 12.2. The Bertz CT molecular complexity index is 553. The summed E-state index contributed by atoms with van der Waals surface area (Å²) in [5.41, 5.74) is 6.05. The predicted octanol–water partition coefficient (Wildman–Crippen LogP) is 1.92. The summed E-state index contributed by atoms with van der Waals surface area (Å²) < 4.78 is 10.6. The lowest BCUT2D eigenvalue weighted by molar-refractivity contribution is -0.159. The number of nitrogens with zero attached hydrogens (tertiary/aromatic N) is 1. The van der Waals surface area contributed by atoms with E-state index in [1.165, 1.54) is 4.90 Å². The molecule has 0 aliphatic carbocycles. The second-order valence-corrected chi connectivity index (χ2v) is 6.64. The number of benzene rings is 1. The molecule has 1 saturated heterocycles. The van der Waals surface area contributed by atoms with E-state index in [9.17, 15) is 9.59 Å². The fourth-order valence-corrected chi connectivity index (χ4v) is 2.44. The van der Waals surface area contributed by atoms with Crippen molar-refractivity contribution in [3.05, 3.63) is 35.9 Å². The topological polar surface area (TPSA) is 81.9 Å². The molecule has 1 fully saturated rings. The number of ether oxygens (including phenoxy) is 2. The molecule has 126 valence electrons. The minimum absolute atomic E-state index is 0.199. The molecule has 23 heavy (non-hydrogen) atoms. The molecule has 0 saturated carbocycles. The van der Waals surface area contributed by atoms with Crippen molar-refractivity contribution in [2.75, 3.05) is 13.1 Å². The molecule has 1 aromatic carbocycles. The molecule has 6 nitrogen and oxygen atoms in total. The number of nitrogens with two attached hydrogens (primary N) is 1. The molecule has 1 aromatic rings. The smallest absolute Gasteiger partial charge is 0.410 e. The van der Waals surface area contributed by atoms with Crippen LogP contribution < -0.4 is 5.73 Å². The van der Waals surface area contributed by atoms with Crippen LogP contribution in [-0.4, -0.2) is 41.7 Å². The molecular formula is C17H24N2O4. The van der Waals surface area contributed by atoms with Crippen LogP contribution in [0.15, 0.2) is 30.3 Å². The summed E-state index contributed by atoms with van der Waals surface area (Å²) in [6, 6.07) is 9.09.